The Balaban J connectivity index is 2.52. The summed E-state index contributed by atoms with van der Waals surface area (Å²) < 4.78 is 4.59. The highest BCUT2D eigenvalue weighted by Gasteiger charge is 2.13. The van der Waals surface area contributed by atoms with Crippen LogP contribution in [0.2, 0.25) is 0 Å². The van der Waals surface area contributed by atoms with Gasteiger partial charge in [-0.05, 0) is 17.6 Å². The molecule has 6 heteroatoms. The summed E-state index contributed by atoms with van der Waals surface area (Å²) in [4.78, 5) is 0. The predicted octanol–water partition coefficient (Wildman–Crippen LogP) is 0.227. The van der Waals surface area contributed by atoms with Crippen LogP contribution in [0.1, 0.15) is 11.3 Å². The first-order valence-electron chi connectivity index (χ1n) is 3.84. The maximum Gasteiger partial charge on any atom is 0.157 e. The molecule has 3 N–H and O–H groups in total. The lowest BCUT2D eigenvalue weighted by atomic mass is 10.2. The fourth-order valence-electron chi connectivity index (χ4n) is 1.12. The van der Waals surface area contributed by atoms with Crippen LogP contribution < -0.4 is 5.73 Å². The van der Waals surface area contributed by atoms with Gasteiger partial charge in [-0.1, -0.05) is 5.16 Å². The zero-order valence-corrected chi connectivity index (χ0v) is 7.11. The minimum atomic E-state index is 0.303. The van der Waals surface area contributed by atoms with E-state index in [1.807, 2.05) is 6.92 Å². The fourth-order valence-corrected chi connectivity index (χ4v) is 1.12. The third kappa shape index (κ3) is 1.20. The number of aromatic nitrogens is 4. The van der Waals surface area contributed by atoms with Gasteiger partial charge in [-0.25, -0.2) is 4.63 Å². The standard InChI is InChI=1S/C7H9N5O/c1-4-3-9-10-6(4)7-5(2-8)11-13-12-7/h3H,2,8H2,1H3,(H,9,10). The predicted molar refractivity (Wildman–Crippen MR) is 44.5 cm³/mol. The van der Waals surface area contributed by atoms with Crippen molar-refractivity contribution in [1.29, 1.82) is 0 Å². The van der Waals surface area contributed by atoms with E-state index in [1.165, 1.54) is 0 Å². The van der Waals surface area contributed by atoms with Gasteiger partial charge in [0.05, 0.1) is 11.9 Å². The first kappa shape index (κ1) is 7.93. The van der Waals surface area contributed by atoms with Crippen molar-refractivity contribution >= 4 is 0 Å². The molecule has 0 spiro atoms. The molecule has 0 aliphatic carbocycles. The monoisotopic (exact) mass is 179 g/mol. The number of nitrogens with zero attached hydrogens (tertiary/aromatic N) is 3. The molecule has 0 radical (unpaired) electrons. The lowest BCUT2D eigenvalue weighted by Gasteiger charge is -1.93. The van der Waals surface area contributed by atoms with Crippen molar-refractivity contribution in [2.24, 2.45) is 5.73 Å². The van der Waals surface area contributed by atoms with E-state index in [4.69, 9.17) is 5.73 Å². The number of hydrogen-bond acceptors (Lipinski definition) is 5. The molecule has 2 aromatic rings. The summed E-state index contributed by atoms with van der Waals surface area (Å²) in [5.41, 5.74) is 8.52. The molecule has 0 saturated carbocycles. The molecule has 0 aliphatic heterocycles. The van der Waals surface area contributed by atoms with E-state index in [0.717, 1.165) is 11.3 Å². The van der Waals surface area contributed by atoms with Crippen LogP contribution >= 0.6 is 0 Å². The number of aromatic amines is 1. The Morgan fingerprint density at radius 3 is 3.00 bits per heavy atom. The van der Waals surface area contributed by atoms with E-state index in [2.05, 4.69) is 25.1 Å². The quantitative estimate of drug-likeness (QED) is 0.688. The third-order valence-corrected chi connectivity index (χ3v) is 1.82. The average molecular weight is 179 g/mol. The zero-order chi connectivity index (χ0) is 9.26. The Labute approximate surface area is 74.1 Å². The third-order valence-electron chi connectivity index (χ3n) is 1.82. The van der Waals surface area contributed by atoms with Gasteiger partial charge in [0.15, 0.2) is 5.69 Å². The van der Waals surface area contributed by atoms with Crippen molar-refractivity contribution in [3.8, 4) is 11.4 Å². The summed E-state index contributed by atoms with van der Waals surface area (Å²) in [5.74, 6) is 0. The second kappa shape index (κ2) is 2.98. The summed E-state index contributed by atoms with van der Waals surface area (Å²) in [7, 11) is 0. The maximum atomic E-state index is 5.45. The Kier molecular flexibility index (Phi) is 1.82. The maximum absolute atomic E-state index is 5.45. The molecule has 0 aliphatic rings. The van der Waals surface area contributed by atoms with Crippen molar-refractivity contribution in [2.75, 3.05) is 0 Å². The SMILES string of the molecule is Cc1cn[nH]c1-c1nonc1CN. The topological polar surface area (TPSA) is 93.6 Å². The molecule has 0 unspecified atom stereocenters. The Bertz CT molecular complexity index is 404. The minimum Gasteiger partial charge on any atom is -0.325 e. The van der Waals surface area contributed by atoms with Crippen LogP contribution in [0.5, 0.6) is 0 Å². The Morgan fingerprint density at radius 2 is 2.38 bits per heavy atom. The zero-order valence-electron chi connectivity index (χ0n) is 7.11. The Hall–Kier alpha value is -1.69. The molecule has 0 saturated heterocycles. The minimum absolute atomic E-state index is 0.303. The van der Waals surface area contributed by atoms with E-state index >= 15 is 0 Å². The average Bonchev–Trinajstić information content (AvgIpc) is 2.71. The molecule has 0 fully saturated rings. The van der Waals surface area contributed by atoms with Gasteiger partial charge in [0.25, 0.3) is 0 Å². The summed E-state index contributed by atoms with van der Waals surface area (Å²) >= 11 is 0. The van der Waals surface area contributed by atoms with Crippen LogP contribution in [0.4, 0.5) is 0 Å². The lowest BCUT2D eigenvalue weighted by Crippen LogP contribution is -1.99. The van der Waals surface area contributed by atoms with Gasteiger partial charge in [0.1, 0.15) is 5.69 Å². The van der Waals surface area contributed by atoms with Crippen molar-refractivity contribution in [3.63, 3.8) is 0 Å². The van der Waals surface area contributed by atoms with Gasteiger partial charge in [0.2, 0.25) is 0 Å². The van der Waals surface area contributed by atoms with Crippen molar-refractivity contribution < 1.29 is 4.63 Å². The van der Waals surface area contributed by atoms with E-state index < -0.39 is 0 Å². The summed E-state index contributed by atoms with van der Waals surface area (Å²) in [6, 6.07) is 0. The molecule has 0 atom stereocenters. The summed E-state index contributed by atoms with van der Waals surface area (Å²) in [6.45, 7) is 2.23. The van der Waals surface area contributed by atoms with Crippen molar-refractivity contribution in [3.05, 3.63) is 17.5 Å². The van der Waals surface area contributed by atoms with Gasteiger partial charge >= 0.3 is 0 Å². The van der Waals surface area contributed by atoms with Crippen LogP contribution in [0, 0.1) is 6.92 Å². The molecular formula is C7H9N5O. The molecule has 6 nitrogen and oxygen atoms in total. The number of H-pyrrole nitrogens is 1. The van der Waals surface area contributed by atoms with E-state index in [-0.39, 0.29) is 0 Å². The first-order valence-corrected chi connectivity index (χ1v) is 3.84. The number of nitrogens with one attached hydrogen (secondary N) is 1. The van der Waals surface area contributed by atoms with Gasteiger partial charge in [-0.15, -0.1) is 0 Å². The highest BCUT2D eigenvalue weighted by atomic mass is 16.6. The number of nitrogens with two attached hydrogens (primary N) is 1. The van der Waals surface area contributed by atoms with Gasteiger partial charge in [0, 0.05) is 6.54 Å². The lowest BCUT2D eigenvalue weighted by molar-refractivity contribution is 0.304. The van der Waals surface area contributed by atoms with E-state index in [0.29, 0.717) is 17.9 Å². The van der Waals surface area contributed by atoms with Crippen LogP contribution in [0.15, 0.2) is 10.8 Å². The van der Waals surface area contributed by atoms with Crippen molar-refractivity contribution in [2.45, 2.75) is 13.5 Å². The number of hydrogen-bond donors (Lipinski definition) is 2. The molecule has 68 valence electrons. The largest absolute Gasteiger partial charge is 0.325 e. The molecular weight excluding hydrogens is 170 g/mol. The molecule has 0 bridgehead atoms. The van der Waals surface area contributed by atoms with E-state index in [1.54, 1.807) is 6.20 Å². The van der Waals surface area contributed by atoms with Crippen LogP contribution in [-0.2, 0) is 6.54 Å². The van der Waals surface area contributed by atoms with Gasteiger partial charge in [-0.3, -0.25) is 5.10 Å². The highest BCUT2D eigenvalue weighted by Crippen LogP contribution is 2.20. The fraction of sp³-hybridized carbons (Fsp3) is 0.286. The van der Waals surface area contributed by atoms with Gasteiger partial charge < -0.3 is 5.73 Å². The normalized spacial score (nSPS) is 10.6. The summed E-state index contributed by atoms with van der Waals surface area (Å²) in [5, 5.41) is 14.1. The van der Waals surface area contributed by atoms with Crippen LogP contribution in [-0.4, -0.2) is 20.5 Å². The molecule has 0 amide bonds. The molecule has 13 heavy (non-hydrogen) atoms. The molecule has 0 aromatic carbocycles. The molecule has 2 rings (SSSR count). The van der Waals surface area contributed by atoms with Crippen molar-refractivity contribution in [1.82, 2.24) is 20.5 Å². The van der Waals surface area contributed by atoms with Gasteiger partial charge in [-0.2, -0.15) is 5.10 Å². The van der Waals surface area contributed by atoms with E-state index in [9.17, 15) is 0 Å². The summed E-state index contributed by atoms with van der Waals surface area (Å²) in [6.07, 6.45) is 1.71. The molecule has 2 aromatic heterocycles. The Morgan fingerprint density at radius 1 is 1.54 bits per heavy atom. The van der Waals surface area contributed by atoms with Crippen LogP contribution in [0.3, 0.4) is 0 Å². The first-order chi connectivity index (χ1) is 6.33. The number of aryl methyl sites for hydroxylation is 1. The molecule has 2 heterocycles. The highest BCUT2D eigenvalue weighted by molar-refractivity contribution is 5.59. The second-order valence-corrected chi connectivity index (χ2v) is 2.69. The van der Waals surface area contributed by atoms with Crippen LogP contribution in [0.25, 0.3) is 11.4 Å². The number of rotatable bonds is 2. The second-order valence-electron chi connectivity index (χ2n) is 2.69. The smallest absolute Gasteiger partial charge is 0.157 e.